The molecule has 0 radical (unpaired) electrons. The van der Waals surface area contributed by atoms with Crippen molar-refractivity contribution in [1.82, 2.24) is 15.3 Å². The first-order valence-electron chi connectivity index (χ1n) is 6.63. The molecule has 0 spiro atoms. The maximum atomic E-state index is 4.54. The zero-order valence-corrected chi connectivity index (χ0v) is 10.8. The molecule has 1 N–H and O–H groups in total. The van der Waals surface area contributed by atoms with E-state index in [4.69, 9.17) is 0 Å². The highest BCUT2D eigenvalue weighted by Crippen LogP contribution is 2.30. The topological polar surface area (TPSA) is 41.1 Å². The Kier molecular flexibility index (Phi) is 4.31. The summed E-state index contributed by atoms with van der Waals surface area (Å²) in [6.45, 7) is 7.17. The van der Waals surface area contributed by atoms with Gasteiger partial charge in [-0.1, -0.05) is 13.8 Å². The van der Waals surface area contributed by atoms with Gasteiger partial charge in [-0.05, 0) is 25.8 Å². The van der Waals surface area contributed by atoms with Crippen molar-refractivity contribution in [2.24, 2.45) is 0 Å². The van der Waals surface area contributed by atoms with E-state index >= 15 is 0 Å². The Bertz CT molecular complexity index is 332. The molecule has 0 saturated heterocycles. The zero-order valence-electron chi connectivity index (χ0n) is 10.8. The molecule has 94 valence electrons. The first kappa shape index (κ1) is 12.3. The monoisotopic (exact) mass is 234 g/mol. The maximum absolute atomic E-state index is 4.54. The normalized spacial score (nSPS) is 14.9. The second-order valence-corrected chi connectivity index (χ2v) is 4.57. The number of anilines is 1. The van der Waals surface area contributed by atoms with Gasteiger partial charge in [-0.3, -0.25) is 4.98 Å². The minimum absolute atomic E-state index is 0.712. The molecule has 1 heterocycles. The van der Waals surface area contributed by atoms with Crippen LogP contribution in [0.5, 0.6) is 0 Å². The molecule has 1 aromatic rings. The van der Waals surface area contributed by atoms with E-state index in [9.17, 15) is 0 Å². The van der Waals surface area contributed by atoms with Crippen LogP contribution >= 0.6 is 0 Å². The average Bonchev–Trinajstić information content (AvgIpc) is 3.18. The lowest BCUT2D eigenvalue weighted by atomic mass is 10.3. The fraction of sp³-hybridized carbons (Fsp3) is 0.692. The van der Waals surface area contributed by atoms with Gasteiger partial charge in [-0.2, -0.15) is 0 Å². The molecule has 0 amide bonds. The molecular weight excluding hydrogens is 212 g/mol. The summed E-state index contributed by atoms with van der Waals surface area (Å²) >= 11 is 0. The van der Waals surface area contributed by atoms with E-state index in [1.54, 1.807) is 0 Å². The molecule has 0 bridgehead atoms. The third-order valence-corrected chi connectivity index (χ3v) is 2.99. The van der Waals surface area contributed by atoms with Crippen LogP contribution in [0.2, 0.25) is 0 Å². The van der Waals surface area contributed by atoms with Gasteiger partial charge in [0.1, 0.15) is 5.82 Å². The van der Waals surface area contributed by atoms with Crippen molar-refractivity contribution in [2.75, 3.05) is 18.0 Å². The number of nitrogens with zero attached hydrogens (tertiary/aromatic N) is 3. The van der Waals surface area contributed by atoms with E-state index in [-0.39, 0.29) is 0 Å². The Balaban J connectivity index is 1.99. The van der Waals surface area contributed by atoms with Gasteiger partial charge in [0.05, 0.1) is 18.1 Å². The van der Waals surface area contributed by atoms with Crippen LogP contribution in [0.1, 0.15) is 38.8 Å². The fourth-order valence-electron chi connectivity index (χ4n) is 1.95. The van der Waals surface area contributed by atoms with Crippen molar-refractivity contribution in [1.29, 1.82) is 0 Å². The van der Waals surface area contributed by atoms with E-state index < -0.39 is 0 Å². The van der Waals surface area contributed by atoms with Gasteiger partial charge in [-0.15, -0.1) is 0 Å². The van der Waals surface area contributed by atoms with Crippen LogP contribution in [0.4, 0.5) is 5.82 Å². The third-order valence-electron chi connectivity index (χ3n) is 2.99. The van der Waals surface area contributed by atoms with E-state index in [2.05, 4.69) is 34.0 Å². The van der Waals surface area contributed by atoms with E-state index in [0.29, 0.717) is 6.04 Å². The summed E-state index contributed by atoms with van der Waals surface area (Å²) in [5.74, 6) is 1.04. The molecule has 4 heteroatoms. The summed E-state index contributed by atoms with van der Waals surface area (Å²) in [4.78, 5) is 11.4. The quantitative estimate of drug-likeness (QED) is 0.783. The van der Waals surface area contributed by atoms with Gasteiger partial charge < -0.3 is 10.2 Å². The van der Waals surface area contributed by atoms with Crippen LogP contribution in [0.15, 0.2) is 12.4 Å². The van der Waals surface area contributed by atoms with Crippen molar-refractivity contribution < 1.29 is 0 Å². The summed E-state index contributed by atoms with van der Waals surface area (Å²) in [5, 5.41) is 3.26. The largest absolute Gasteiger partial charge is 0.352 e. The number of aromatic nitrogens is 2. The van der Waals surface area contributed by atoms with Crippen LogP contribution < -0.4 is 10.2 Å². The summed E-state index contributed by atoms with van der Waals surface area (Å²) in [6.07, 6.45) is 7.59. The Morgan fingerprint density at radius 3 is 2.65 bits per heavy atom. The maximum Gasteiger partial charge on any atom is 0.147 e. The lowest BCUT2D eigenvalue weighted by Crippen LogP contribution is -2.27. The third kappa shape index (κ3) is 3.40. The molecule has 0 aliphatic heterocycles. The predicted molar refractivity (Wildman–Crippen MR) is 70.1 cm³/mol. The van der Waals surface area contributed by atoms with Gasteiger partial charge in [0.25, 0.3) is 0 Å². The number of hydrogen-bond donors (Lipinski definition) is 1. The molecule has 1 fully saturated rings. The molecule has 0 aromatic carbocycles. The molecule has 1 aliphatic carbocycles. The summed E-state index contributed by atoms with van der Waals surface area (Å²) in [5.41, 5.74) is 1.02. The highest BCUT2D eigenvalue weighted by Gasteiger charge is 2.29. The van der Waals surface area contributed by atoms with E-state index in [1.165, 1.54) is 12.8 Å². The Morgan fingerprint density at radius 1 is 1.29 bits per heavy atom. The lowest BCUT2D eigenvalue weighted by Gasteiger charge is -2.22. The van der Waals surface area contributed by atoms with Gasteiger partial charge in [0.2, 0.25) is 0 Å². The first-order valence-corrected chi connectivity index (χ1v) is 6.63. The standard InChI is InChI=1S/C13H22N4/c1-3-7-17(12-5-6-12)13-10-15-11(9-16-13)8-14-4-2/h9-10,12,14H,3-8H2,1-2H3. The van der Waals surface area contributed by atoms with Crippen LogP contribution in [0, 0.1) is 0 Å². The Labute approximate surface area is 103 Å². The molecule has 1 aromatic heterocycles. The molecule has 1 saturated carbocycles. The molecular formula is C13H22N4. The Hall–Kier alpha value is -1.16. The number of hydrogen-bond acceptors (Lipinski definition) is 4. The van der Waals surface area contributed by atoms with Gasteiger partial charge in [0.15, 0.2) is 0 Å². The van der Waals surface area contributed by atoms with E-state index in [0.717, 1.165) is 37.6 Å². The minimum Gasteiger partial charge on any atom is -0.352 e. The highest BCUT2D eigenvalue weighted by molar-refractivity contribution is 5.39. The fourth-order valence-corrected chi connectivity index (χ4v) is 1.95. The van der Waals surface area contributed by atoms with E-state index in [1.807, 2.05) is 12.4 Å². The smallest absolute Gasteiger partial charge is 0.147 e. The first-order chi connectivity index (χ1) is 8.35. The van der Waals surface area contributed by atoms with Crippen LogP contribution in [0.3, 0.4) is 0 Å². The molecule has 0 atom stereocenters. The Morgan fingerprint density at radius 2 is 2.12 bits per heavy atom. The predicted octanol–water partition coefficient (Wildman–Crippen LogP) is 1.96. The molecule has 17 heavy (non-hydrogen) atoms. The summed E-state index contributed by atoms with van der Waals surface area (Å²) < 4.78 is 0. The summed E-state index contributed by atoms with van der Waals surface area (Å²) in [7, 11) is 0. The molecule has 4 nitrogen and oxygen atoms in total. The van der Waals surface area contributed by atoms with Crippen LogP contribution in [0.25, 0.3) is 0 Å². The number of rotatable bonds is 7. The van der Waals surface area contributed by atoms with Gasteiger partial charge in [0, 0.05) is 19.1 Å². The van der Waals surface area contributed by atoms with Crippen molar-refractivity contribution in [3.05, 3.63) is 18.1 Å². The zero-order chi connectivity index (χ0) is 12.1. The van der Waals surface area contributed by atoms with Gasteiger partial charge in [-0.25, -0.2) is 4.98 Å². The molecule has 1 aliphatic rings. The lowest BCUT2D eigenvalue weighted by molar-refractivity contribution is 0.701. The van der Waals surface area contributed by atoms with Crippen molar-refractivity contribution in [2.45, 2.75) is 45.7 Å². The average molecular weight is 234 g/mol. The van der Waals surface area contributed by atoms with Crippen LogP contribution in [-0.4, -0.2) is 29.1 Å². The van der Waals surface area contributed by atoms with Gasteiger partial charge >= 0.3 is 0 Å². The van der Waals surface area contributed by atoms with Crippen molar-refractivity contribution >= 4 is 5.82 Å². The van der Waals surface area contributed by atoms with Crippen LogP contribution in [-0.2, 0) is 6.54 Å². The summed E-state index contributed by atoms with van der Waals surface area (Å²) in [6, 6.07) is 0.712. The second kappa shape index (κ2) is 5.96. The van der Waals surface area contributed by atoms with Crippen molar-refractivity contribution in [3.63, 3.8) is 0 Å². The van der Waals surface area contributed by atoms with Crippen molar-refractivity contribution in [3.8, 4) is 0 Å². The minimum atomic E-state index is 0.712. The number of nitrogens with one attached hydrogen (secondary N) is 1. The second-order valence-electron chi connectivity index (χ2n) is 4.57. The SMILES string of the molecule is CCCN(c1cnc(CNCC)cn1)C1CC1. The highest BCUT2D eigenvalue weighted by atomic mass is 15.2. The molecule has 0 unspecified atom stereocenters. The molecule has 2 rings (SSSR count).